The lowest BCUT2D eigenvalue weighted by atomic mass is 9.82. The molecule has 1 fully saturated rings. The molecule has 20 heavy (non-hydrogen) atoms. The standard InChI is InChI=1S/C13H15N3O4/c1-6-9(10-12(19)15-5-16-13(10)20-6)11(18)14-4-7-2-8(17)3-7/h5,7-8,17H,2-4H2,1H3,(H,14,18)(H,15,16,19). The van der Waals surface area contributed by atoms with Gasteiger partial charge in [0.2, 0.25) is 5.71 Å². The Bertz CT molecular complexity index is 712. The first-order valence-electron chi connectivity index (χ1n) is 6.49. The number of aliphatic hydroxyl groups excluding tert-OH is 1. The fourth-order valence-electron chi connectivity index (χ4n) is 2.52. The van der Waals surface area contributed by atoms with Gasteiger partial charge in [0.05, 0.1) is 18.0 Å². The molecule has 7 heteroatoms. The number of aryl methyl sites for hydroxylation is 1. The Hall–Kier alpha value is -2.15. The molecule has 1 aliphatic rings. The lowest BCUT2D eigenvalue weighted by Crippen LogP contribution is -2.38. The summed E-state index contributed by atoms with van der Waals surface area (Å²) in [4.78, 5) is 30.3. The van der Waals surface area contributed by atoms with E-state index in [1.54, 1.807) is 6.92 Å². The number of H-pyrrole nitrogens is 1. The van der Waals surface area contributed by atoms with Crippen LogP contribution >= 0.6 is 0 Å². The van der Waals surface area contributed by atoms with Crippen LogP contribution in [0.15, 0.2) is 15.5 Å². The molecule has 0 radical (unpaired) electrons. The van der Waals surface area contributed by atoms with Crippen LogP contribution < -0.4 is 10.9 Å². The number of fused-ring (bicyclic) bond motifs is 1. The van der Waals surface area contributed by atoms with Crippen molar-refractivity contribution in [1.82, 2.24) is 15.3 Å². The zero-order valence-corrected chi connectivity index (χ0v) is 11.0. The fraction of sp³-hybridized carbons (Fsp3) is 0.462. The molecule has 0 unspecified atom stereocenters. The number of nitrogens with zero attached hydrogens (tertiary/aromatic N) is 1. The first-order chi connectivity index (χ1) is 9.56. The minimum Gasteiger partial charge on any atom is -0.442 e. The van der Waals surface area contributed by atoms with Gasteiger partial charge < -0.3 is 19.8 Å². The van der Waals surface area contributed by atoms with E-state index in [1.165, 1.54) is 6.33 Å². The van der Waals surface area contributed by atoms with Crippen molar-refractivity contribution in [2.45, 2.75) is 25.9 Å². The van der Waals surface area contributed by atoms with E-state index >= 15 is 0 Å². The van der Waals surface area contributed by atoms with Gasteiger partial charge in [-0.05, 0) is 25.7 Å². The molecule has 3 rings (SSSR count). The number of rotatable bonds is 3. The third-order valence-corrected chi connectivity index (χ3v) is 3.66. The second-order valence-corrected chi connectivity index (χ2v) is 5.15. The van der Waals surface area contributed by atoms with E-state index in [2.05, 4.69) is 15.3 Å². The van der Waals surface area contributed by atoms with E-state index in [0.717, 1.165) is 0 Å². The quantitative estimate of drug-likeness (QED) is 0.749. The third kappa shape index (κ3) is 2.09. The highest BCUT2D eigenvalue weighted by atomic mass is 16.3. The smallest absolute Gasteiger partial charge is 0.262 e. The van der Waals surface area contributed by atoms with Gasteiger partial charge in [-0.2, -0.15) is 0 Å². The largest absolute Gasteiger partial charge is 0.442 e. The molecule has 2 aromatic rings. The van der Waals surface area contributed by atoms with Gasteiger partial charge in [0.25, 0.3) is 11.5 Å². The molecule has 1 saturated carbocycles. The fourth-order valence-corrected chi connectivity index (χ4v) is 2.52. The predicted molar refractivity (Wildman–Crippen MR) is 70.4 cm³/mol. The first-order valence-corrected chi connectivity index (χ1v) is 6.49. The number of aromatic nitrogens is 2. The molecule has 106 valence electrons. The summed E-state index contributed by atoms with van der Waals surface area (Å²) in [6.07, 6.45) is 2.40. The van der Waals surface area contributed by atoms with Gasteiger partial charge in [0, 0.05) is 6.54 Å². The zero-order valence-electron chi connectivity index (χ0n) is 11.0. The molecule has 1 amide bonds. The van der Waals surface area contributed by atoms with Gasteiger partial charge in [0.1, 0.15) is 11.1 Å². The number of furan rings is 1. The lowest BCUT2D eigenvalue weighted by Gasteiger charge is -2.31. The summed E-state index contributed by atoms with van der Waals surface area (Å²) in [5.41, 5.74) is 0.000699. The maximum Gasteiger partial charge on any atom is 0.262 e. The maximum atomic E-state index is 12.2. The normalized spacial score (nSPS) is 21.7. The van der Waals surface area contributed by atoms with E-state index in [4.69, 9.17) is 4.42 Å². The molecule has 0 aromatic carbocycles. The highest BCUT2D eigenvalue weighted by Gasteiger charge is 2.28. The highest BCUT2D eigenvalue weighted by molar-refractivity contribution is 6.06. The van der Waals surface area contributed by atoms with Crippen LogP contribution in [0, 0.1) is 12.8 Å². The number of aromatic amines is 1. The van der Waals surface area contributed by atoms with Crippen molar-refractivity contribution in [3.05, 3.63) is 28.0 Å². The number of hydrogen-bond acceptors (Lipinski definition) is 5. The number of carbonyl (C=O) groups excluding carboxylic acids is 1. The van der Waals surface area contributed by atoms with Crippen LogP contribution in [0.4, 0.5) is 0 Å². The molecule has 0 bridgehead atoms. The molecule has 0 aliphatic heterocycles. The van der Waals surface area contributed by atoms with Crippen LogP contribution in [-0.2, 0) is 0 Å². The summed E-state index contributed by atoms with van der Waals surface area (Å²) in [5.74, 6) is 0.320. The van der Waals surface area contributed by atoms with Gasteiger partial charge in [-0.25, -0.2) is 4.98 Å². The maximum absolute atomic E-state index is 12.2. The number of aliphatic hydroxyl groups is 1. The van der Waals surface area contributed by atoms with E-state index in [-0.39, 0.29) is 28.7 Å². The van der Waals surface area contributed by atoms with Crippen LogP contribution in [0.3, 0.4) is 0 Å². The summed E-state index contributed by atoms with van der Waals surface area (Å²) < 4.78 is 5.33. The Kier molecular flexibility index (Phi) is 3.06. The van der Waals surface area contributed by atoms with E-state index < -0.39 is 5.56 Å². The van der Waals surface area contributed by atoms with Gasteiger partial charge in [-0.3, -0.25) is 9.59 Å². The van der Waals surface area contributed by atoms with Crippen LogP contribution in [0.2, 0.25) is 0 Å². The van der Waals surface area contributed by atoms with Gasteiger partial charge in [0.15, 0.2) is 0 Å². The van der Waals surface area contributed by atoms with Crippen molar-refractivity contribution in [3.8, 4) is 0 Å². The Labute approximate surface area is 114 Å². The predicted octanol–water partition coefficient (Wildman–Crippen LogP) is 0.325. The lowest BCUT2D eigenvalue weighted by molar-refractivity contribution is 0.0420. The molecular weight excluding hydrogens is 262 g/mol. The van der Waals surface area contributed by atoms with Crippen molar-refractivity contribution in [2.24, 2.45) is 5.92 Å². The average molecular weight is 277 g/mol. The van der Waals surface area contributed by atoms with Gasteiger partial charge >= 0.3 is 0 Å². The molecule has 2 aromatic heterocycles. The number of hydrogen-bond donors (Lipinski definition) is 3. The molecule has 0 saturated heterocycles. The van der Waals surface area contributed by atoms with Crippen molar-refractivity contribution in [3.63, 3.8) is 0 Å². The minimum absolute atomic E-state index is 0.162. The summed E-state index contributed by atoms with van der Waals surface area (Å²) in [6, 6.07) is 0. The molecule has 1 aliphatic carbocycles. The molecule has 2 heterocycles. The molecule has 7 nitrogen and oxygen atoms in total. The second kappa shape index (κ2) is 4.75. The van der Waals surface area contributed by atoms with Gasteiger partial charge in [-0.15, -0.1) is 0 Å². The first kappa shape index (κ1) is 12.9. The summed E-state index contributed by atoms with van der Waals surface area (Å²) in [7, 11) is 0. The van der Waals surface area contributed by atoms with E-state index in [9.17, 15) is 14.7 Å². The van der Waals surface area contributed by atoms with Crippen LogP contribution in [0.5, 0.6) is 0 Å². The van der Waals surface area contributed by atoms with Crippen molar-refractivity contribution in [1.29, 1.82) is 0 Å². The second-order valence-electron chi connectivity index (χ2n) is 5.15. The Balaban J connectivity index is 1.84. The number of nitrogens with one attached hydrogen (secondary N) is 2. The summed E-state index contributed by atoms with van der Waals surface area (Å²) >= 11 is 0. The van der Waals surface area contributed by atoms with E-state index in [1.807, 2.05) is 0 Å². The zero-order chi connectivity index (χ0) is 14.3. The number of amides is 1. The Morgan fingerprint density at radius 1 is 1.60 bits per heavy atom. The van der Waals surface area contributed by atoms with E-state index in [0.29, 0.717) is 31.1 Å². The van der Waals surface area contributed by atoms with Gasteiger partial charge in [-0.1, -0.05) is 0 Å². The minimum atomic E-state index is -0.393. The summed E-state index contributed by atoms with van der Waals surface area (Å²) in [6.45, 7) is 2.11. The molecule has 0 spiro atoms. The monoisotopic (exact) mass is 277 g/mol. The molecule has 0 atom stereocenters. The SMILES string of the molecule is Cc1oc2nc[nH]c(=O)c2c1C(=O)NCC1CC(O)C1. The van der Waals surface area contributed by atoms with Crippen LogP contribution in [0.1, 0.15) is 29.0 Å². The van der Waals surface area contributed by atoms with Crippen molar-refractivity contribution >= 4 is 17.0 Å². The van der Waals surface area contributed by atoms with Crippen molar-refractivity contribution in [2.75, 3.05) is 6.54 Å². The van der Waals surface area contributed by atoms with Crippen LogP contribution in [-0.4, -0.2) is 33.6 Å². The van der Waals surface area contributed by atoms with Crippen molar-refractivity contribution < 1.29 is 14.3 Å². The topological polar surface area (TPSA) is 108 Å². The molecule has 3 N–H and O–H groups in total. The highest BCUT2D eigenvalue weighted by Crippen LogP contribution is 2.26. The Morgan fingerprint density at radius 3 is 3.05 bits per heavy atom. The third-order valence-electron chi connectivity index (χ3n) is 3.66. The average Bonchev–Trinajstić information content (AvgIpc) is 2.70. The molecular formula is C13H15N3O4. The van der Waals surface area contributed by atoms with Crippen LogP contribution in [0.25, 0.3) is 11.1 Å². The summed E-state index contributed by atoms with van der Waals surface area (Å²) in [5, 5.41) is 12.2. The Morgan fingerprint density at radius 2 is 2.35 bits per heavy atom. The number of carbonyl (C=O) groups is 1.